The Labute approximate surface area is 315 Å². The van der Waals surface area contributed by atoms with Gasteiger partial charge in [0.15, 0.2) is 0 Å². The summed E-state index contributed by atoms with van der Waals surface area (Å²) in [4.78, 5) is 2.81. The largest absolute Gasteiger partial charge is 0.296 e. The minimum atomic E-state index is -2.52. The Morgan fingerprint density at radius 3 is 0.980 bits per heavy atom. The van der Waals surface area contributed by atoms with Crippen LogP contribution in [0.2, 0.25) is 0 Å². The van der Waals surface area contributed by atoms with Crippen LogP contribution in [-0.2, 0) is 14.4 Å². The molecule has 0 aliphatic heterocycles. The molecule has 0 saturated carbocycles. The monoisotopic (exact) mass is 926 g/mol. The summed E-state index contributed by atoms with van der Waals surface area (Å²) in [5.74, 6) is 0. The Kier molecular flexibility index (Phi) is 16.9. The molecule has 0 radical (unpaired) electrons. The van der Waals surface area contributed by atoms with E-state index in [1.54, 1.807) is 0 Å². The van der Waals surface area contributed by atoms with Crippen molar-refractivity contribution < 1.29 is 14.4 Å². The second kappa shape index (κ2) is 21.8. The molecule has 50 heavy (non-hydrogen) atoms. The summed E-state index contributed by atoms with van der Waals surface area (Å²) in [5.41, 5.74) is 0. The third-order valence-electron chi connectivity index (χ3n) is 8.62. The van der Waals surface area contributed by atoms with E-state index in [1.165, 1.54) is 50.3 Å². The Balaban J connectivity index is 0.00000115. The molecule has 0 bridgehead atoms. The topological polar surface area (TPSA) is 27.0 Å². The van der Waals surface area contributed by atoms with Crippen molar-refractivity contribution in [1.29, 1.82) is 3.80 Å². The molecule has 0 aliphatic rings. The van der Waals surface area contributed by atoms with Gasteiger partial charge in [-0.3, -0.25) is 4.90 Å². The van der Waals surface area contributed by atoms with Crippen LogP contribution in [0, 0.1) is 3.80 Å². The summed E-state index contributed by atoms with van der Waals surface area (Å²) < 4.78 is 7.77. The normalized spacial score (nSPS) is 11.2. The third-order valence-corrected chi connectivity index (χ3v) is 16.7. The van der Waals surface area contributed by atoms with Crippen LogP contribution >= 0.6 is 42.8 Å². The second-order valence-corrected chi connectivity index (χ2v) is 26.3. The zero-order valence-corrected chi connectivity index (χ0v) is 35.2. The number of hydrogen-bond donors (Lipinski definition) is 0. The van der Waals surface area contributed by atoms with Crippen LogP contribution in [0.5, 0.6) is 0 Å². The van der Waals surface area contributed by atoms with E-state index in [-0.39, 0.29) is 0 Å². The quantitative estimate of drug-likeness (QED) is 0.0967. The maximum Gasteiger partial charge on any atom is 0.0967 e. The molecule has 6 aromatic carbocycles. The molecule has 0 unspecified atom stereocenters. The van der Waals surface area contributed by atoms with Crippen LogP contribution in [0.4, 0.5) is 0 Å². The van der Waals surface area contributed by atoms with Gasteiger partial charge in [0.2, 0.25) is 0 Å². The van der Waals surface area contributed by atoms with Crippen molar-refractivity contribution in [3.63, 3.8) is 0 Å². The molecule has 8 heteroatoms. The number of halogens is 2. The molecule has 0 amide bonds. The molecule has 0 atom stereocenters. The van der Waals surface area contributed by atoms with Crippen molar-refractivity contribution in [3.05, 3.63) is 182 Å². The first-order valence-corrected chi connectivity index (χ1v) is 29.7. The summed E-state index contributed by atoms with van der Waals surface area (Å²) in [6, 6.07) is 67.5. The molecule has 2 nitrogen and oxygen atoms in total. The Bertz CT molecular complexity index is 1530. The van der Waals surface area contributed by atoms with Crippen LogP contribution in [-0.4, -0.2) is 43.0 Å². The van der Waals surface area contributed by atoms with E-state index < -0.39 is 38.1 Å². The van der Waals surface area contributed by atoms with Crippen molar-refractivity contribution in [2.24, 2.45) is 0 Å². The Morgan fingerprint density at radius 2 is 0.700 bits per heavy atom. The summed E-state index contributed by atoms with van der Waals surface area (Å²) in [5, 5.41) is 8.97. The van der Waals surface area contributed by atoms with E-state index >= 15 is 0 Å². The molecule has 0 fully saturated rings. The minimum Gasteiger partial charge on any atom is -0.296 e. The molecule has 0 heterocycles. The van der Waals surface area contributed by atoms with E-state index in [2.05, 4.69) is 187 Å². The van der Waals surface area contributed by atoms with Gasteiger partial charge in [-0.25, -0.2) is 0 Å². The smallest absolute Gasteiger partial charge is 0.0967 e. The average molecular weight is 927 g/mol. The van der Waals surface area contributed by atoms with Gasteiger partial charge >= 0.3 is 37.2 Å². The van der Waals surface area contributed by atoms with Gasteiger partial charge in [-0.15, -0.1) is 0 Å². The van der Waals surface area contributed by atoms with Crippen LogP contribution < -0.4 is 31.8 Å². The summed E-state index contributed by atoms with van der Waals surface area (Å²) >= 11 is -2.52. The molecule has 0 aliphatic carbocycles. The van der Waals surface area contributed by atoms with Crippen molar-refractivity contribution in [2.45, 2.75) is 0 Å². The van der Waals surface area contributed by atoms with Crippen molar-refractivity contribution in [1.82, 2.24) is 4.90 Å². The molecule has 6 rings (SSSR count). The zero-order chi connectivity index (χ0) is 34.8. The molecule has 0 aromatic heterocycles. The van der Waals surface area contributed by atoms with E-state index in [4.69, 9.17) is 22.9 Å². The number of hydrogen-bond acceptors (Lipinski definition) is 2. The number of benzene rings is 6. The van der Waals surface area contributed by atoms with Crippen molar-refractivity contribution in [2.75, 3.05) is 38.1 Å². The SMILES string of the molecule is [N]#[Re]([Cl])[Cl].c1ccc(P(CCN(CC[PH+](c2ccccc2)c2ccccc2)CC[PH+](c2ccccc2)c2ccccc2)c2ccccc2)cc1. The van der Waals surface area contributed by atoms with E-state index in [0.717, 1.165) is 19.6 Å². The predicted octanol–water partition coefficient (Wildman–Crippen LogP) is 8.54. The van der Waals surface area contributed by atoms with Crippen molar-refractivity contribution >= 4 is 74.7 Å². The van der Waals surface area contributed by atoms with Gasteiger partial charge in [-0.05, 0) is 73.2 Å². The fourth-order valence-corrected chi connectivity index (χ4v) is 13.8. The average Bonchev–Trinajstić information content (AvgIpc) is 3.17. The van der Waals surface area contributed by atoms with Gasteiger partial charge < -0.3 is 0 Å². The first-order valence-electron chi connectivity index (χ1n) is 16.8. The van der Waals surface area contributed by atoms with Crippen LogP contribution in [0.15, 0.2) is 182 Å². The van der Waals surface area contributed by atoms with Crippen molar-refractivity contribution in [3.8, 4) is 0 Å². The molecule has 6 aromatic rings. The molecule has 0 spiro atoms. The zero-order valence-electron chi connectivity index (χ0n) is 28.0. The number of nitrogens with zero attached hydrogens (tertiary/aromatic N) is 2. The maximum absolute atomic E-state index is 7.77. The maximum atomic E-state index is 7.77. The fraction of sp³-hybridized carbons (Fsp3) is 0.143. The standard InChI is InChI=1S/C42H42NP3.2ClH.N.Re/c1-7-19-37(20-8-1)44(38-21-9-2-10-22-38)34-31-43(32-35-45(39-23-11-3-12-24-39)40-25-13-4-14-26-40)33-36-46(41-27-15-5-16-28-41)42-29-17-6-18-30-42;;;;/h1-30H,31-36H2;2*1H;;/q;;;;+2. The van der Waals surface area contributed by atoms with Crippen LogP contribution in [0.1, 0.15) is 0 Å². The van der Waals surface area contributed by atoms with Gasteiger partial charge in [0.05, 0.1) is 49.4 Å². The summed E-state index contributed by atoms with van der Waals surface area (Å²) in [6.07, 6.45) is 3.57. The van der Waals surface area contributed by atoms with Gasteiger partial charge in [0.25, 0.3) is 0 Å². The van der Waals surface area contributed by atoms with E-state index in [1.807, 2.05) is 0 Å². The van der Waals surface area contributed by atoms with Gasteiger partial charge in [-0.1, -0.05) is 133 Å². The molecule has 256 valence electrons. The third kappa shape index (κ3) is 12.6. The molecular weight excluding hydrogens is 883 g/mol. The summed E-state index contributed by atoms with van der Waals surface area (Å²) in [6.45, 7) is 3.33. The Morgan fingerprint density at radius 1 is 0.440 bits per heavy atom. The first kappa shape index (κ1) is 38.7. The molecule has 0 N–H and O–H groups in total. The molecular formula is C42H44Cl2N2P3Re+2. The molecule has 0 saturated heterocycles. The van der Waals surface area contributed by atoms with Gasteiger partial charge in [0.1, 0.15) is 0 Å². The first-order chi connectivity index (χ1) is 24.6. The predicted molar refractivity (Wildman–Crippen MR) is 224 cm³/mol. The number of rotatable bonds is 15. The summed E-state index contributed by atoms with van der Waals surface area (Å²) in [7, 11) is 7.32. The minimum absolute atomic E-state index is 0.436. The van der Waals surface area contributed by atoms with E-state index in [0.29, 0.717) is 0 Å². The van der Waals surface area contributed by atoms with Crippen LogP contribution in [0.25, 0.3) is 0 Å². The Hall–Kier alpha value is -2.48. The van der Waals surface area contributed by atoms with E-state index in [9.17, 15) is 0 Å². The van der Waals surface area contributed by atoms with Crippen LogP contribution in [0.3, 0.4) is 0 Å². The second-order valence-electron chi connectivity index (χ2n) is 11.8. The fourth-order valence-electron chi connectivity index (χ4n) is 6.21. The van der Waals surface area contributed by atoms with Gasteiger partial charge in [-0.2, -0.15) is 0 Å². The van der Waals surface area contributed by atoms with Gasteiger partial charge in [0, 0.05) is 19.6 Å².